The maximum Gasteiger partial charge on any atom is 0.430 e. The maximum atomic E-state index is 12.6. The Bertz CT molecular complexity index is 526. The zero-order valence-electron chi connectivity index (χ0n) is 8.88. The smallest absolute Gasteiger partial charge is 0.430 e. The van der Waals surface area contributed by atoms with Crippen LogP contribution in [0.3, 0.4) is 0 Å². The molecule has 0 amide bonds. The monoisotopic (exact) mass is 239 g/mol. The van der Waals surface area contributed by atoms with Crippen LogP contribution in [-0.4, -0.2) is 12.3 Å². The Balaban J connectivity index is 2.50. The molecule has 0 spiro atoms. The van der Waals surface area contributed by atoms with Crippen molar-refractivity contribution in [3.63, 3.8) is 0 Å². The summed E-state index contributed by atoms with van der Waals surface area (Å²) in [5.74, 6) is 0.150. The molecule has 0 unspecified atom stereocenters. The second kappa shape index (κ2) is 3.81. The van der Waals surface area contributed by atoms with E-state index in [0.29, 0.717) is 5.56 Å². The largest absolute Gasteiger partial charge is 0.475 e. The van der Waals surface area contributed by atoms with Crippen molar-refractivity contribution in [1.29, 1.82) is 5.26 Å². The molecular formula is C12H8F3NO. The van der Waals surface area contributed by atoms with E-state index in [4.69, 9.17) is 10.00 Å². The van der Waals surface area contributed by atoms with Gasteiger partial charge in [0.2, 0.25) is 6.10 Å². The van der Waals surface area contributed by atoms with Crippen LogP contribution in [-0.2, 0) is 0 Å². The lowest BCUT2D eigenvalue weighted by Gasteiger charge is -2.25. The summed E-state index contributed by atoms with van der Waals surface area (Å²) in [6, 6.07) is 6.36. The summed E-state index contributed by atoms with van der Waals surface area (Å²) in [6.45, 7) is 1.82. The molecule has 0 bridgehead atoms. The number of ether oxygens (including phenoxy) is 1. The Morgan fingerprint density at radius 3 is 2.65 bits per heavy atom. The fourth-order valence-corrected chi connectivity index (χ4v) is 1.66. The highest BCUT2D eigenvalue weighted by Gasteiger charge is 2.46. The van der Waals surface area contributed by atoms with Crippen molar-refractivity contribution in [3.8, 4) is 11.8 Å². The van der Waals surface area contributed by atoms with E-state index in [-0.39, 0.29) is 5.75 Å². The molecule has 5 heteroatoms. The second-order valence-electron chi connectivity index (χ2n) is 3.79. The molecule has 0 radical (unpaired) electrons. The highest BCUT2D eigenvalue weighted by molar-refractivity contribution is 5.67. The lowest BCUT2D eigenvalue weighted by molar-refractivity contribution is -0.182. The van der Waals surface area contributed by atoms with Crippen molar-refractivity contribution in [3.05, 3.63) is 34.9 Å². The van der Waals surface area contributed by atoms with E-state index in [0.717, 1.165) is 5.56 Å². The van der Waals surface area contributed by atoms with Crippen molar-refractivity contribution in [1.82, 2.24) is 0 Å². The molecule has 0 fully saturated rings. The number of hydrogen-bond donors (Lipinski definition) is 0. The third-order valence-electron chi connectivity index (χ3n) is 2.43. The van der Waals surface area contributed by atoms with Crippen LogP contribution in [0.15, 0.2) is 23.8 Å². The fourth-order valence-electron chi connectivity index (χ4n) is 1.66. The predicted molar refractivity (Wildman–Crippen MR) is 55.2 cm³/mol. The number of benzene rings is 1. The number of rotatable bonds is 0. The first-order chi connectivity index (χ1) is 7.91. The molecule has 17 heavy (non-hydrogen) atoms. The zero-order chi connectivity index (χ0) is 12.6. The van der Waals surface area contributed by atoms with Crippen LogP contribution in [0.25, 0.3) is 6.08 Å². The molecule has 1 atom stereocenters. The molecule has 1 heterocycles. The summed E-state index contributed by atoms with van der Waals surface area (Å²) in [6.07, 6.45) is -5.52. The van der Waals surface area contributed by atoms with Gasteiger partial charge < -0.3 is 4.74 Å². The quantitative estimate of drug-likeness (QED) is 0.696. The SMILES string of the molecule is Cc1ccc2c(c1)C=C(C#N)[C@H](C(F)(F)F)O2. The number of alkyl halides is 3. The average molecular weight is 239 g/mol. The Morgan fingerprint density at radius 2 is 2.06 bits per heavy atom. The van der Waals surface area contributed by atoms with Gasteiger partial charge in [0, 0.05) is 5.56 Å². The topological polar surface area (TPSA) is 33.0 Å². The third-order valence-corrected chi connectivity index (χ3v) is 2.43. The molecule has 1 aromatic carbocycles. The van der Waals surface area contributed by atoms with E-state index < -0.39 is 17.9 Å². The molecule has 88 valence electrons. The Morgan fingerprint density at radius 1 is 1.35 bits per heavy atom. The molecule has 1 aliphatic rings. The van der Waals surface area contributed by atoms with Crippen LogP contribution in [0.4, 0.5) is 13.2 Å². The van der Waals surface area contributed by atoms with E-state index in [2.05, 4.69) is 0 Å². The van der Waals surface area contributed by atoms with Gasteiger partial charge in [-0.15, -0.1) is 0 Å². The summed E-state index contributed by atoms with van der Waals surface area (Å²) >= 11 is 0. The minimum atomic E-state index is -4.58. The first kappa shape index (κ1) is 11.5. The number of halogens is 3. The normalized spacial score (nSPS) is 18.8. The van der Waals surface area contributed by atoms with Crippen molar-refractivity contribution in [2.24, 2.45) is 0 Å². The molecule has 0 aromatic heterocycles. The van der Waals surface area contributed by atoms with Crippen molar-refractivity contribution in [2.75, 3.05) is 0 Å². The van der Waals surface area contributed by atoms with Gasteiger partial charge in [-0.25, -0.2) is 0 Å². The lowest BCUT2D eigenvalue weighted by Crippen LogP contribution is -2.37. The van der Waals surface area contributed by atoms with Gasteiger partial charge in [-0.05, 0) is 25.1 Å². The lowest BCUT2D eigenvalue weighted by atomic mass is 10.0. The molecule has 0 saturated heterocycles. The van der Waals surface area contributed by atoms with E-state index in [1.54, 1.807) is 12.1 Å². The van der Waals surface area contributed by atoms with Crippen molar-refractivity contribution in [2.45, 2.75) is 19.2 Å². The Hall–Kier alpha value is -1.96. The second-order valence-corrected chi connectivity index (χ2v) is 3.79. The average Bonchev–Trinajstić information content (AvgIpc) is 2.25. The van der Waals surface area contributed by atoms with Crippen LogP contribution in [0.2, 0.25) is 0 Å². The third kappa shape index (κ3) is 2.11. The summed E-state index contributed by atoms with van der Waals surface area (Å²) in [5, 5.41) is 8.72. The Labute approximate surface area is 95.9 Å². The minimum absolute atomic E-state index is 0.150. The maximum absolute atomic E-state index is 12.6. The molecule has 0 saturated carbocycles. The summed E-state index contributed by atoms with van der Waals surface area (Å²) in [7, 11) is 0. The van der Waals surface area contributed by atoms with Crippen molar-refractivity contribution < 1.29 is 17.9 Å². The summed E-state index contributed by atoms with van der Waals surface area (Å²) in [4.78, 5) is 0. The molecule has 0 aliphatic carbocycles. The van der Waals surface area contributed by atoms with Crippen LogP contribution < -0.4 is 4.74 Å². The molecule has 2 nitrogen and oxygen atoms in total. The van der Waals surface area contributed by atoms with Gasteiger partial charge >= 0.3 is 6.18 Å². The first-order valence-corrected chi connectivity index (χ1v) is 4.87. The number of aryl methyl sites for hydroxylation is 1. The Kier molecular flexibility index (Phi) is 2.58. The fraction of sp³-hybridized carbons (Fsp3) is 0.250. The van der Waals surface area contributed by atoms with E-state index in [9.17, 15) is 13.2 Å². The predicted octanol–water partition coefficient (Wildman–Crippen LogP) is 3.23. The number of hydrogen-bond acceptors (Lipinski definition) is 2. The minimum Gasteiger partial charge on any atom is -0.475 e. The summed E-state index contributed by atoms with van der Waals surface area (Å²) < 4.78 is 42.7. The molecule has 1 aromatic rings. The van der Waals surface area contributed by atoms with Gasteiger partial charge in [0.25, 0.3) is 0 Å². The van der Waals surface area contributed by atoms with Gasteiger partial charge in [0.1, 0.15) is 5.75 Å². The highest BCUT2D eigenvalue weighted by Crippen LogP contribution is 2.36. The van der Waals surface area contributed by atoms with Gasteiger partial charge in [-0.3, -0.25) is 0 Å². The highest BCUT2D eigenvalue weighted by atomic mass is 19.4. The number of nitrogens with zero attached hydrogens (tertiary/aromatic N) is 1. The van der Waals surface area contributed by atoms with Crippen LogP contribution in [0.5, 0.6) is 5.75 Å². The standard InChI is InChI=1S/C12H8F3NO/c1-7-2-3-10-8(4-7)5-9(6-16)11(17-10)12(13,14)15/h2-5,11H,1H3/t11-/m1/s1. The van der Waals surface area contributed by atoms with E-state index in [1.807, 2.05) is 6.92 Å². The zero-order valence-corrected chi connectivity index (χ0v) is 8.88. The molecule has 2 rings (SSSR count). The molecule has 1 aliphatic heterocycles. The van der Waals surface area contributed by atoms with Crippen LogP contribution >= 0.6 is 0 Å². The van der Waals surface area contributed by atoms with Gasteiger partial charge in [-0.2, -0.15) is 18.4 Å². The molecule has 0 N–H and O–H groups in total. The first-order valence-electron chi connectivity index (χ1n) is 4.87. The van der Waals surface area contributed by atoms with Crippen LogP contribution in [0, 0.1) is 18.3 Å². The van der Waals surface area contributed by atoms with E-state index >= 15 is 0 Å². The summed E-state index contributed by atoms with van der Waals surface area (Å²) in [5.41, 5.74) is 0.976. The van der Waals surface area contributed by atoms with Gasteiger partial charge in [-0.1, -0.05) is 11.6 Å². The number of fused-ring (bicyclic) bond motifs is 1. The van der Waals surface area contributed by atoms with E-state index in [1.165, 1.54) is 18.2 Å². The number of nitriles is 1. The van der Waals surface area contributed by atoms with Crippen LogP contribution in [0.1, 0.15) is 11.1 Å². The van der Waals surface area contributed by atoms with Gasteiger partial charge in [0.15, 0.2) is 0 Å². The van der Waals surface area contributed by atoms with Crippen molar-refractivity contribution >= 4 is 6.08 Å². The van der Waals surface area contributed by atoms with Gasteiger partial charge in [0.05, 0.1) is 11.6 Å². The molecular weight excluding hydrogens is 231 g/mol.